The van der Waals surface area contributed by atoms with Gasteiger partial charge < -0.3 is 13.9 Å². The van der Waals surface area contributed by atoms with Gasteiger partial charge in [0.15, 0.2) is 6.10 Å². The number of esters is 2. The highest BCUT2D eigenvalue weighted by Gasteiger charge is 2.20. The average molecular weight is 320 g/mol. The Balaban J connectivity index is 2.75. The molecule has 0 saturated heterocycles. The van der Waals surface area contributed by atoms with Crippen molar-refractivity contribution >= 4 is 11.9 Å². The van der Waals surface area contributed by atoms with Crippen LogP contribution in [-0.4, -0.2) is 11.9 Å². The van der Waals surface area contributed by atoms with Gasteiger partial charge in [-0.25, -0.2) is 9.59 Å². The normalized spacial score (nSPS) is 11.6. The Bertz CT molecular complexity index is 582. The molecule has 23 heavy (non-hydrogen) atoms. The molecule has 0 aliphatic carbocycles. The minimum absolute atomic E-state index is 0.0145. The first-order chi connectivity index (χ1) is 10.8. The van der Waals surface area contributed by atoms with Crippen LogP contribution in [0.2, 0.25) is 0 Å². The Morgan fingerprint density at radius 2 is 1.83 bits per heavy atom. The van der Waals surface area contributed by atoms with E-state index in [4.69, 9.17) is 13.9 Å². The predicted octanol–water partition coefficient (Wildman–Crippen LogP) is 4.25. The third-order valence-electron chi connectivity index (χ3n) is 3.11. The largest absolute Gasteiger partial charge is 0.458 e. The molecule has 0 spiro atoms. The SMILES string of the molecule is C=C(C)C(=O)OCc1ccc(C(CCCC)OC(=O)C(=C)C)o1. The van der Waals surface area contributed by atoms with E-state index in [0.717, 1.165) is 12.8 Å². The molecule has 1 aromatic rings. The summed E-state index contributed by atoms with van der Waals surface area (Å²) in [5.41, 5.74) is 0.668. The molecule has 1 rings (SSSR count). The van der Waals surface area contributed by atoms with Gasteiger partial charge in [-0.1, -0.05) is 26.5 Å². The lowest BCUT2D eigenvalue weighted by atomic mass is 10.1. The van der Waals surface area contributed by atoms with Crippen molar-refractivity contribution in [2.75, 3.05) is 0 Å². The molecule has 1 atom stereocenters. The summed E-state index contributed by atoms with van der Waals surface area (Å²) >= 11 is 0. The fourth-order valence-electron chi connectivity index (χ4n) is 1.78. The molecule has 1 aromatic heterocycles. The first-order valence-electron chi connectivity index (χ1n) is 7.62. The number of hydrogen-bond donors (Lipinski definition) is 0. The molecule has 1 heterocycles. The van der Waals surface area contributed by atoms with Gasteiger partial charge in [0, 0.05) is 11.1 Å². The minimum atomic E-state index is -0.473. The lowest BCUT2D eigenvalue weighted by Crippen LogP contribution is -2.11. The van der Waals surface area contributed by atoms with Crippen molar-refractivity contribution in [2.24, 2.45) is 0 Å². The van der Waals surface area contributed by atoms with E-state index in [1.807, 2.05) is 0 Å². The van der Waals surface area contributed by atoms with Gasteiger partial charge in [-0.3, -0.25) is 0 Å². The maximum atomic E-state index is 11.7. The van der Waals surface area contributed by atoms with E-state index >= 15 is 0 Å². The number of carbonyl (C=O) groups excluding carboxylic acids is 2. The monoisotopic (exact) mass is 320 g/mol. The number of ether oxygens (including phenoxy) is 2. The van der Waals surface area contributed by atoms with Gasteiger partial charge in [0.25, 0.3) is 0 Å². The van der Waals surface area contributed by atoms with E-state index in [2.05, 4.69) is 20.1 Å². The molecule has 0 N–H and O–H groups in total. The third-order valence-corrected chi connectivity index (χ3v) is 3.11. The second-order valence-electron chi connectivity index (χ2n) is 5.48. The van der Waals surface area contributed by atoms with Crippen molar-refractivity contribution in [3.8, 4) is 0 Å². The average Bonchev–Trinajstić information content (AvgIpc) is 2.97. The van der Waals surface area contributed by atoms with Gasteiger partial charge in [-0.15, -0.1) is 0 Å². The Labute approximate surface area is 137 Å². The van der Waals surface area contributed by atoms with Crippen LogP contribution in [0.4, 0.5) is 0 Å². The molecular formula is C18H24O5. The summed E-state index contributed by atoms with van der Waals surface area (Å²) in [5, 5.41) is 0. The van der Waals surface area contributed by atoms with Gasteiger partial charge >= 0.3 is 11.9 Å². The van der Waals surface area contributed by atoms with Crippen LogP contribution in [0.1, 0.15) is 57.7 Å². The number of furan rings is 1. The van der Waals surface area contributed by atoms with Crippen LogP contribution in [0.25, 0.3) is 0 Å². The van der Waals surface area contributed by atoms with Crippen LogP contribution in [0, 0.1) is 0 Å². The summed E-state index contributed by atoms with van der Waals surface area (Å²) in [6.45, 7) is 12.3. The topological polar surface area (TPSA) is 65.7 Å². The zero-order chi connectivity index (χ0) is 17.4. The van der Waals surface area contributed by atoms with Crippen LogP contribution in [0.5, 0.6) is 0 Å². The second-order valence-corrected chi connectivity index (χ2v) is 5.48. The highest BCUT2D eigenvalue weighted by molar-refractivity contribution is 5.87. The van der Waals surface area contributed by atoms with Crippen molar-refractivity contribution in [3.05, 3.63) is 48.0 Å². The molecular weight excluding hydrogens is 296 g/mol. The molecule has 0 aliphatic heterocycles. The zero-order valence-corrected chi connectivity index (χ0v) is 14.0. The Hall–Kier alpha value is -2.30. The molecule has 0 aromatic carbocycles. The summed E-state index contributed by atoms with van der Waals surface area (Å²) < 4.78 is 16.1. The van der Waals surface area contributed by atoms with E-state index in [9.17, 15) is 9.59 Å². The van der Waals surface area contributed by atoms with E-state index in [1.165, 1.54) is 0 Å². The molecule has 5 nitrogen and oxygen atoms in total. The van der Waals surface area contributed by atoms with Crippen LogP contribution in [0.15, 0.2) is 40.9 Å². The van der Waals surface area contributed by atoms with Gasteiger partial charge in [-0.2, -0.15) is 0 Å². The Kier molecular flexibility index (Phi) is 7.32. The minimum Gasteiger partial charge on any atom is -0.458 e. The van der Waals surface area contributed by atoms with E-state index in [0.29, 0.717) is 29.1 Å². The molecule has 0 saturated carbocycles. The smallest absolute Gasteiger partial charge is 0.333 e. The van der Waals surface area contributed by atoms with Crippen LogP contribution < -0.4 is 0 Å². The number of carbonyl (C=O) groups is 2. The molecule has 1 unspecified atom stereocenters. The summed E-state index contributed by atoms with van der Waals surface area (Å²) in [7, 11) is 0. The predicted molar refractivity (Wildman–Crippen MR) is 86.5 cm³/mol. The highest BCUT2D eigenvalue weighted by atomic mass is 16.6. The van der Waals surface area contributed by atoms with Crippen molar-refractivity contribution in [2.45, 2.75) is 52.7 Å². The first-order valence-corrected chi connectivity index (χ1v) is 7.62. The standard InChI is InChI=1S/C18H24O5/c1-6-7-8-15(23-18(20)13(4)5)16-10-9-14(22-16)11-21-17(19)12(2)3/h9-10,15H,2,4,6-8,11H2,1,3,5H3. The molecule has 0 bridgehead atoms. The highest BCUT2D eigenvalue weighted by Crippen LogP contribution is 2.27. The maximum Gasteiger partial charge on any atom is 0.333 e. The van der Waals surface area contributed by atoms with Crippen LogP contribution in [-0.2, 0) is 25.7 Å². The summed E-state index contributed by atoms with van der Waals surface area (Å²) in [6.07, 6.45) is 2.07. The van der Waals surface area contributed by atoms with Gasteiger partial charge in [0.1, 0.15) is 18.1 Å². The Morgan fingerprint density at radius 1 is 1.17 bits per heavy atom. The van der Waals surface area contributed by atoms with E-state index in [-0.39, 0.29) is 6.61 Å². The van der Waals surface area contributed by atoms with Crippen LogP contribution >= 0.6 is 0 Å². The van der Waals surface area contributed by atoms with Crippen LogP contribution in [0.3, 0.4) is 0 Å². The summed E-state index contributed by atoms with van der Waals surface area (Å²) in [4.78, 5) is 23.1. The molecule has 0 fully saturated rings. The summed E-state index contributed by atoms with van der Waals surface area (Å²) in [6, 6.07) is 3.44. The van der Waals surface area contributed by atoms with Gasteiger partial charge in [0.2, 0.25) is 0 Å². The lowest BCUT2D eigenvalue weighted by molar-refractivity contribution is -0.146. The number of rotatable bonds is 9. The van der Waals surface area contributed by atoms with E-state index in [1.54, 1.807) is 26.0 Å². The molecule has 5 heteroatoms. The molecule has 0 aliphatic rings. The van der Waals surface area contributed by atoms with Gasteiger partial charge in [-0.05, 0) is 38.8 Å². The maximum absolute atomic E-state index is 11.7. The van der Waals surface area contributed by atoms with Crippen molar-refractivity contribution < 1.29 is 23.5 Å². The van der Waals surface area contributed by atoms with E-state index < -0.39 is 18.0 Å². The molecule has 0 amide bonds. The Morgan fingerprint density at radius 3 is 2.39 bits per heavy atom. The first kappa shape index (κ1) is 18.7. The van der Waals surface area contributed by atoms with Crippen molar-refractivity contribution in [1.82, 2.24) is 0 Å². The number of unbranched alkanes of at least 4 members (excludes halogenated alkanes) is 1. The summed E-state index contributed by atoms with van der Waals surface area (Å²) in [5.74, 6) is 0.105. The lowest BCUT2D eigenvalue weighted by Gasteiger charge is -2.15. The fourth-order valence-corrected chi connectivity index (χ4v) is 1.78. The second kappa shape index (κ2) is 8.98. The molecule has 126 valence electrons. The quantitative estimate of drug-likeness (QED) is 0.502. The van der Waals surface area contributed by atoms with Gasteiger partial charge in [0.05, 0.1) is 0 Å². The number of hydrogen-bond acceptors (Lipinski definition) is 5. The third kappa shape index (κ3) is 6.14. The molecule has 0 radical (unpaired) electrons. The van der Waals surface area contributed by atoms with Crippen molar-refractivity contribution in [1.29, 1.82) is 0 Å². The fraction of sp³-hybridized carbons (Fsp3) is 0.444. The van der Waals surface area contributed by atoms with Crippen molar-refractivity contribution in [3.63, 3.8) is 0 Å². The zero-order valence-electron chi connectivity index (χ0n) is 14.0.